The van der Waals surface area contributed by atoms with Gasteiger partial charge in [-0.3, -0.25) is 4.79 Å². The van der Waals surface area contributed by atoms with Crippen LogP contribution in [0.2, 0.25) is 0 Å². The van der Waals surface area contributed by atoms with Gasteiger partial charge in [0.1, 0.15) is 12.2 Å². The SMILES string of the molecule is O=COC1Cc2ccccc2C1O. The molecule has 1 aromatic rings. The predicted octanol–water partition coefficient (Wildman–Crippen LogP) is 0.818. The lowest BCUT2D eigenvalue weighted by Crippen LogP contribution is -2.17. The second kappa shape index (κ2) is 3.18. The minimum absolute atomic E-state index is 0.389. The van der Waals surface area contributed by atoms with E-state index in [9.17, 15) is 9.90 Å². The molecule has 0 radical (unpaired) electrons. The first-order valence-electron chi connectivity index (χ1n) is 4.18. The fourth-order valence-corrected chi connectivity index (χ4v) is 1.73. The Kier molecular flexibility index (Phi) is 2.02. The standard InChI is InChI=1S/C10H10O3/c11-6-13-9-5-7-3-1-2-4-8(7)10(9)12/h1-4,6,9-10,12H,5H2. The van der Waals surface area contributed by atoms with Crippen molar-refractivity contribution in [1.82, 2.24) is 0 Å². The van der Waals surface area contributed by atoms with Gasteiger partial charge in [0.2, 0.25) is 0 Å². The molecule has 0 aromatic heterocycles. The van der Waals surface area contributed by atoms with Gasteiger partial charge in [0, 0.05) is 6.42 Å². The molecule has 0 fully saturated rings. The van der Waals surface area contributed by atoms with Gasteiger partial charge in [-0.2, -0.15) is 0 Å². The van der Waals surface area contributed by atoms with Gasteiger partial charge in [-0.15, -0.1) is 0 Å². The predicted molar refractivity (Wildman–Crippen MR) is 46.0 cm³/mol. The van der Waals surface area contributed by atoms with Crippen LogP contribution < -0.4 is 0 Å². The van der Waals surface area contributed by atoms with Crippen molar-refractivity contribution in [3.05, 3.63) is 35.4 Å². The van der Waals surface area contributed by atoms with Crippen molar-refractivity contribution in [3.8, 4) is 0 Å². The molecule has 13 heavy (non-hydrogen) atoms. The van der Waals surface area contributed by atoms with E-state index in [0.29, 0.717) is 12.9 Å². The summed E-state index contributed by atoms with van der Waals surface area (Å²) >= 11 is 0. The number of hydrogen-bond acceptors (Lipinski definition) is 3. The van der Waals surface area contributed by atoms with E-state index in [1.165, 1.54) is 0 Å². The maximum absolute atomic E-state index is 10.1. The lowest BCUT2D eigenvalue weighted by molar-refractivity contribution is -0.138. The number of carbonyl (C=O) groups is 1. The number of fused-ring (bicyclic) bond motifs is 1. The van der Waals surface area contributed by atoms with Crippen LogP contribution >= 0.6 is 0 Å². The molecular weight excluding hydrogens is 168 g/mol. The molecule has 1 aromatic carbocycles. The minimum atomic E-state index is -0.665. The Morgan fingerprint density at radius 2 is 2.23 bits per heavy atom. The number of ether oxygens (including phenoxy) is 1. The van der Waals surface area contributed by atoms with Gasteiger partial charge < -0.3 is 9.84 Å². The Bertz CT molecular complexity index is 322. The lowest BCUT2D eigenvalue weighted by Gasteiger charge is -2.11. The van der Waals surface area contributed by atoms with E-state index in [-0.39, 0.29) is 0 Å². The summed E-state index contributed by atoms with van der Waals surface area (Å²) in [6, 6.07) is 7.57. The summed E-state index contributed by atoms with van der Waals surface area (Å²) in [5.74, 6) is 0. The fraction of sp³-hybridized carbons (Fsp3) is 0.300. The molecule has 0 aliphatic heterocycles. The summed E-state index contributed by atoms with van der Waals surface area (Å²) < 4.78 is 4.77. The van der Waals surface area contributed by atoms with Crippen LogP contribution in [-0.4, -0.2) is 17.7 Å². The van der Waals surface area contributed by atoms with E-state index in [0.717, 1.165) is 11.1 Å². The summed E-state index contributed by atoms with van der Waals surface area (Å²) in [5.41, 5.74) is 1.93. The number of hydrogen-bond donors (Lipinski definition) is 1. The molecule has 0 bridgehead atoms. The van der Waals surface area contributed by atoms with Crippen LogP contribution in [0.1, 0.15) is 17.2 Å². The molecule has 3 heteroatoms. The number of aliphatic hydroxyl groups is 1. The third-order valence-electron chi connectivity index (χ3n) is 2.38. The molecule has 2 atom stereocenters. The average Bonchev–Trinajstić information content (AvgIpc) is 2.46. The topological polar surface area (TPSA) is 46.5 Å². The summed E-state index contributed by atoms with van der Waals surface area (Å²) in [5, 5.41) is 9.69. The van der Waals surface area contributed by atoms with Crippen LogP contribution in [0.25, 0.3) is 0 Å². The zero-order valence-corrected chi connectivity index (χ0v) is 7.01. The largest absolute Gasteiger partial charge is 0.461 e. The van der Waals surface area contributed by atoms with Crippen molar-refractivity contribution in [2.75, 3.05) is 0 Å². The van der Waals surface area contributed by atoms with Crippen LogP contribution in [0.15, 0.2) is 24.3 Å². The van der Waals surface area contributed by atoms with Crippen LogP contribution in [0.5, 0.6) is 0 Å². The number of aliphatic hydroxyl groups excluding tert-OH is 1. The molecule has 1 aliphatic carbocycles. The quantitative estimate of drug-likeness (QED) is 0.682. The Morgan fingerprint density at radius 3 is 2.92 bits per heavy atom. The molecule has 2 unspecified atom stereocenters. The molecule has 0 saturated heterocycles. The van der Waals surface area contributed by atoms with Gasteiger partial charge >= 0.3 is 0 Å². The van der Waals surface area contributed by atoms with E-state index < -0.39 is 12.2 Å². The van der Waals surface area contributed by atoms with Gasteiger partial charge in [-0.1, -0.05) is 24.3 Å². The summed E-state index contributed by atoms with van der Waals surface area (Å²) in [6.45, 7) is 0.389. The summed E-state index contributed by atoms with van der Waals surface area (Å²) in [4.78, 5) is 10.1. The van der Waals surface area contributed by atoms with Crippen molar-refractivity contribution >= 4 is 6.47 Å². The first-order valence-corrected chi connectivity index (χ1v) is 4.18. The highest BCUT2D eigenvalue weighted by molar-refractivity contribution is 5.41. The monoisotopic (exact) mass is 178 g/mol. The van der Waals surface area contributed by atoms with Crippen LogP contribution in [0.4, 0.5) is 0 Å². The molecule has 3 nitrogen and oxygen atoms in total. The normalized spacial score (nSPS) is 25.3. The molecule has 68 valence electrons. The van der Waals surface area contributed by atoms with Crippen molar-refractivity contribution in [3.63, 3.8) is 0 Å². The minimum Gasteiger partial charge on any atom is -0.461 e. The first-order chi connectivity index (χ1) is 6.33. The van der Waals surface area contributed by atoms with Crippen LogP contribution in [-0.2, 0) is 16.0 Å². The molecule has 1 aliphatic rings. The number of benzene rings is 1. The second-order valence-corrected chi connectivity index (χ2v) is 3.12. The summed E-state index contributed by atoms with van der Waals surface area (Å²) in [7, 11) is 0. The van der Waals surface area contributed by atoms with E-state index >= 15 is 0 Å². The van der Waals surface area contributed by atoms with Gasteiger partial charge in [0.05, 0.1) is 0 Å². The maximum atomic E-state index is 10.1. The zero-order valence-electron chi connectivity index (χ0n) is 7.01. The fourth-order valence-electron chi connectivity index (χ4n) is 1.73. The van der Waals surface area contributed by atoms with Gasteiger partial charge in [-0.25, -0.2) is 0 Å². The Morgan fingerprint density at radius 1 is 1.46 bits per heavy atom. The van der Waals surface area contributed by atoms with Crippen molar-refractivity contribution in [1.29, 1.82) is 0 Å². The van der Waals surface area contributed by atoms with Gasteiger partial charge in [-0.05, 0) is 11.1 Å². The smallest absolute Gasteiger partial charge is 0.293 e. The lowest BCUT2D eigenvalue weighted by atomic mass is 10.1. The van der Waals surface area contributed by atoms with E-state index in [2.05, 4.69) is 0 Å². The highest BCUT2D eigenvalue weighted by Gasteiger charge is 2.31. The van der Waals surface area contributed by atoms with E-state index in [4.69, 9.17) is 4.74 Å². The zero-order chi connectivity index (χ0) is 9.26. The molecular formula is C10H10O3. The third-order valence-corrected chi connectivity index (χ3v) is 2.38. The molecule has 0 saturated carbocycles. The maximum Gasteiger partial charge on any atom is 0.293 e. The Labute approximate surface area is 76.0 Å². The third kappa shape index (κ3) is 1.31. The molecule has 0 amide bonds. The van der Waals surface area contributed by atoms with E-state index in [1.807, 2.05) is 24.3 Å². The van der Waals surface area contributed by atoms with Crippen molar-refractivity contribution < 1.29 is 14.6 Å². The highest BCUT2D eigenvalue weighted by Crippen LogP contribution is 2.32. The van der Waals surface area contributed by atoms with Crippen molar-refractivity contribution in [2.24, 2.45) is 0 Å². The van der Waals surface area contributed by atoms with Gasteiger partial charge in [0.25, 0.3) is 6.47 Å². The average molecular weight is 178 g/mol. The number of carbonyl (C=O) groups excluding carboxylic acids is 1. The van der Waals surface area contributed by atoms with Crippen LogP contribution in [0, 0.1) is 0 Å². The Balaban J connectivity index is 2.27. The van der Waals surface area contributed by atoms with E-state index in [1.54, 1.807) is 0 Å². The molecule has 0 spiro atoms. The second-order valence-electron chi connectivity index (χ2n) is 3.12. The molecule has 1 N–H and O–H groups in total. The Hall–Kier alpha value is -1.35. The molecule has 0 heterocycles. The number of rotatable bonds is 2. The first kappa shape index (κ1) is 8.26. The highest BCUT2D eigenvalue weighted by atomic mass is 16.5. The van der Waals surface area contributed by atoms with Crippen molar-refractivity contribution in [2.45, 2.75) is 18.6 Å². The summed E-state index contributed by atoms with van der Waals surface area (Å²) in [6.07, 6.45) is -0.466. The molecule has 2 rings (SSSR count). The van der Waals surface area contributed by atoms with Gasteiger partial charge in [0.15, 0.2) is 0 Å². The van der Waals surface area contributed by atoms with Crippen LogP contribution in [0.3, 0.4) is 0 Å².